The van der Waals surface area contributed by atoms with Crippen LogP contribution >= 0.6 is 0 Å². The number of aromatic carboxylic acids is 1. The number of aromatic hydroxyl groups is 1. The van der Waals surface area contributed by atoms with Gasteiger partial charge in [0.15, 0.2) is 9.84 Å². The van der Waals surface area contributed by atoms with E-state index in [0.29, 0.717) is 12.4 Å². The quantitative estimate of drug-likeness (QED) is 0.153. The summed E-state index contributed by atoms with van der Waals surface area (Å²) in [6.45, 7) is 4.47. The first kappa shape index (κ1) is 32.4. The number of carboxylic acid groups (broad SMARTS) is 1. The molecule has 0 unspecified atom stereocenters. The summed E-state index contributed by atoms with van der Waals surface area (Å²) in [6.07, 6.45) is 12.5. The first-order valence-corrected chi connectivity index (χ1v) is 15.7. The number of unbranched alkanes of at least 4 members (excludes halogenated alkanes) is 9. The lowest BCUT2D eigenvalue weighted by Crippen LogP contribution is -2.10. The van der Waals surface area contributed by atoms with Gasteiger partial charge in [0.05, 0.1) is 23.9 Å². The minimum atomic E-state index is -3.48. The van der Waals surface area contributed by atoms with Crippen molar-refractivity contribution in [3.05, 3.63) is 48.0 Å². The van der Waals surface area contributed by atoms with Crippen molar-refractivity contribution in [2.24, 2.45) is 0 Å². The third-order valence-corrected chi connectivity index (χ3v) is 8.18. The number of phenols is 1. The zero-order valence-electron chi connectivity index (χ0n) is 23.1. The van der Waals surface area contributed by atoms with Crippen molar-refractivity contribution in [1.82, 2.24) is 0 Å². The molecule has 2 N–H and O–H groups in total. The summed E-state index contributed by atoms with van der Waals surface area (Å²) in [4.78, 5) is 11.2. The van der Waals surface area contributed by atoms with Crippen molar-refractivity contribution >= 4 is 15.8 Å². The molecule has 0 aliphatic heterocycles. The molecule has 218 valence electrons. The lowest BCUT2D eigenvalue weighted by atomic mass is 10.1. The molecule has 2 aromatic rings. The SMILES string of the molecule is CCOCCCCCCCCCCCCOc1ccc(S(=O)(=O)CCCOc2ccc(C(=O)O)c(O)c2)cc1. The van der Waals surface area contributed by atoms with Gasteiger partial charge in [0.1, 0.15) is 22.8 Å². The van der Waals surface area contributed by atoms with Crippen LogP contribution in [0.25, 0.3) is 0 Å². The fraction of sp³-hybridized carbons (Fsp3) is 0.567. The van der Waals surface area contributed by atoms with Crippen LogP contribution in [-0.4, -0.2) is 56.8 Å². The predicted molar refractivity (Wildman–Crippen MR) is 152 cm³/mol. The van der Waals surface area contributed by atoms with Gasteiger partial charge >= 0.3 is 5.97 Å². The van der Waals surface area contributed by atoms with Gasteiger partial charge < -0.3 is 24.4 Å². The van der Waals surface area contributed by atoms with Gasteiger partial charge in [-0.05, 0) is 62.6 Å². The Hall–Kier alpha value is -2.78. The largest absolute Gasteiger partial charge is 0.507 e. The smallest absolute Gasteiger partial charge is 0.339 e. The summed E-state index contributed by atoms with van der Waals surface area (Å²) in [7, 11) is -3.48. The maximum atomic E-state index is 12.6. The van der Waals surface area contributed by atoms with E-state index in [2.05, 4.69) is 0 Å². The van der Waals surface area contributed by atoms with Crippen LogP contribution in [0, 0.1) is 0 Å². The van der Waals surface area contributed by atoms with Crippen LogP contribution in [0.4, 0.5) is 0 Å². The molecule has 0 aromatic heterocycles. The van der Waals surface area contributed by atoms with Crippen LogP contribution in [0.15, 0.2) is 47.4 Å². The Bertz CT molecular complexity index is 1070. The average molecular weight is 565 g/mol. The van der Waals surface area contributed by atoms with Gasteiger partial charge in [0, 0.05) is 19.3 Å². The Morgan fingerprint density at radius 1 is 0.718 bits per heavy atom. The molecule has 2 rings (SSSR count). The van der Waals surface area contributed by atoms with E-state index < -0.39 is 21.6 Å². The van der Waals surface area contributed by atoms with Crippen LogP contribution in [0.1, 0.15) is 87.9 Å². The molecule has 8 nitrogen and oxygen atoms in total. The minimum Gasteiger partial charge on any atom is -0.507 e. The molecule has 0 aliphatic carbocycles. The van der Waals surface area contributed by atoms with Gasteiger partial charge in [0.2, 0.25) is 0 Å². The molecular formula is C30H44O8S. The summed E-state index contributed by atoms with van der Waals surface area (Å²) in [5.41, 5.74) is -0.223. The van der Waals surface area contributed by atoms with Crippen molar-refractivity contribution < 1.29 is 37.6 Å². The van der Waals surface area contributed by atoms with Gasteiger partial charge in [0.25, 0.3) is 0 Å². The van der Waals surface area contributed by atoms with Crippen molar-refractivity contribution in [3.8, 4) is 17.2 Å². The first-order chi connectivity index (χ1) is 18.8. The lowest BCUT2D eigenvalue weighted by molar-refractivity contribution is 0.0693. The van der Waals surface area contributed by atoms with Gasteiger partial charge in [-0.15, -0.1) is 0 Å². The maximum absolute atomic E-state index is 12.6. The number of sulfone groups is 1. The molecule has 0 heterocycles. The standard InChI is InChI=1S/C30H44O8S/c1-2-36-20-11-9-7-5-3-4-6-8-10-12-21-37-25-14-17-27(18-15-25)39(34,35)23-13-22-38-26-16-19-28(30(32)33)29(31)24-26/h14-19,24,31H,2-13,20-23H2,1H3,(H,32,33). The van der Waals surface area contributed by atoms with E-state index in [0.717, 1.165) is 26.1 Å². The van der Waals surface area contributed by atoms with E-state index in [1.165, 1.54) is 69.6 Å². The van der Waals surface area contributed by atoms with Crippen LogP contribution < -0.4 is 9.47 Å². The monoisotopic (exact) mass is 564 g/mol. The summed E-state index contributed by atoms with van der Waals surface area (Å²) >= 11 is 0. The maximum Gasteiger partial charge on any atom is 0.339 e. The predicted octanol–water partition coefficient (Wildman–Crippen LogP) is 6.65. The van der Waals surface area contributed by atoms with E-state index >= 15 is 0 Å². The number of ether oxygens (including phenoxy) is 3. The Morgan fingerprint density at radius 3 is 1.79 bits per heavy atom. The summed E-state index contributed by atoms with van der Waals surface area (Å²) in [5.74, 6) is -0.804. The average Bonchev–Trinajstić information content (AvgIpc) is 2.91. The molecule has 0 aliphatic rings. The van der Waals surface area contributed by atoms with Crippen molar-refractivity contribution in [2.75, 3.05) is 32.2 Å². The van der Waals surface area contributed by atoms with Crippen molar-refractivity contribution in [2.45, 2.75) is 82.4 Å². The molecule has 0 saturated carbocycles. The number of carbonyl (C=O) groups is 1. The van der Waals surface area contributed by atoms with Gasteiger partial charge in [-0.1, -0.05) is 51.4 Å². The zero-order valence-corrected chi connectivity index (χ0v) is 23.9. The van der Waals surface area contributed by atoms with Crippen LogP contribution in [0.5, 0.6) is 17.2 Å². The topological polar surface area (TPSA) is 119 Å². The molecule has 0 amide bonds. The first-order valence-electron chi connectivity index (χ1n) is 14.1. The van der Waals surface area contributed by atoms with E-state index in [4.69, 9.17) is 19.3 Å². The fourth-order valence-electron chi connectivity index (χ4n) is 4.14. The van der Waals surface area contributed by atoms with E-state index in [1.807, 2.05) is 6.92 Å². The molecule has 0 radical (unpaired) electrons. The number of hydrogen-bond donors (Lipinski definition) is 2. The second kappa shape index (κ2) is 18.5. The van der Waals surface area contributed by atoms with Gasteiger partial charge in [-0.3, -0.25) is 0 Å². The van der Waals surface area contributed by atoms with Crippen molar-refractivity contribution in [3.63, 3.8) is 0 Å². The highest BCUT2D eigenvalue weighted by atomic mass is 32.2. The molecule has 2 aromatic carbocycles. The highest BCUT2D eigenvalue weighted by Crippen LogP contribution is 2.24. The van der Waals surface area contributed by atoms with Crippen LogP contribution in [0.2, 0.25) is 0 Å². The van der Waals surface area contributed by atoms with E-state index in [9.17, 15) is 18.3 Å². The normalized spacial score (nSPS) is 11.4. The Kier molecular flexibility index (Phi) is 15.4. The minimum absolute atomic E-state index is 0.0969. The molecule has 0 saturated heterocycles. The number of benzene rings is 2. The van der Waals surface area contributed by atoms with E-state index in [-0.39, 0.29) is 35.0 Å². The summed E-state index contributed by atoms with van der Waals surface area (Å²) in [6, 6.07) is 10.4. The molecule has 0 bridgehead atoms. The van der Waals surface area contributed by atoms with E-state index in [1.54, 1.807) is 24.3 Å². The Morgan fingerprint density at radius 2 is 1.23 bits per heavy atom. The Balaban J connectivity index is 1.55. The number of carboxylic acids is 1. The lowest BCUT2D eigenvalue weighted by Gasteiger charge is -2.09. The number of hydrogen-bond acceptors (Lipinski definition) is 7. The van der Waals surface area contributed by atoms with Crippen LogP contribution in [0.3, 0.4) is 0 Å². The third kappa shape index (κ3) is 13.2. The zero-order chi connectivity index (χ0) is 28.3. The molecule has 0 fully saturated rings. The van der Waals surface area contributed by atoms with Gasteiger partial charge in [-0.2, -0.15) is 0 Å². The third-order valence-electron chi connectivity index (χ3n) is 6.36. The Labute approximate surface area is 233 Å². The molecule has 0 atom stereocenters. The highest BCUT2D eigenvalue weighted by molar-refractivity contribution is 7.91. The summed E-state index contributed by atoms with van der Waals surface area (Å²) in [5, 5.41) is 18.6. The van der Waals surface area contributed by atoms with Gasteiger partial charge in [-0.25, -0.2) is 13.2 Å². The molecule has 9 heteroatoms. The number of rotatable bonds is 22. The molecule has 39 heavy (non-hydrogen) atoms. The molecular weight excluding hydrogens is 520 g/mol. The second-order valence-electron chi connectivity index (χ2n) is 9.56. The van der Waals surface area contributed by atoms with Crippen LogP contribution in [-0.2, 0) is 14.6 Å². The highest BCUT2D eigenvalue weighted by Gasteiger charge is 2.15. The molecule has 0 spiro atoms. The second-order valence-corrected chi connectivity index (χ2v) is 11.7. The fourth-order valence-corrected chi connectivity index (χ4v) is 5.42. The van der Waals surface area contributed by atoms with Crippen molar-refractivity contribution in [1.29, 1.82) is 0 Å². The summed E-state index contributed by atoms with van der Waals surface area (Å²) < 4.78 is 41.8.